The van der Waals surface area contributed by atoms with Crippen LogP contribution in [0, 0.1) is 20.2 Å². The van der Waals surface area contributed by atoms with E-state index >= 15 is 0 Å². The lowest BCUT2D eigenvalue weighted by Gasteiger charge is -2.24. The molecule has 1 fully saturated rings. The Balaban J connectivity index is 1.49. The lowest BCUT2D eigenvalue weighted by molar-refractivity contribution is -0.385. The van der Waals surface area contributed by atoms with Gasteiger partial charge in [-0.25, -0.2) is 0 Å². The number of benzene rings is 2. The van der Waals surface area contributed by atoms with Crippen LogP contribution in [0.4, 0.5) is 11.4 Å². The highest BCUT2D eigenvalue weighted by atomic mass is 16.6. The summed E-state index contributed by atoms with van der Waals surface area (Å²) in [5, 5.41) is 21.5. The predicted octanol–water partition coefficient (Wildman–Crippen LogP) is 4.14. The molecule has 0 saturated carbocycles. The molecule has 0 aromatic heterocycles. The highest BCUT2D eigenvalue weighted by molar-refractivity contribution is 5.33. The Kier molecular flexibility index (Phi) is 6.13. The maximum atomic E-state index is 10.7. The van der Waals surface area contributed by atoms with Crippen molar-refractivity contribution in [1.29, 1.82) is 0 Å². The molecule has 0 bridgehead atoms. The first-order valence-corrected chi connectivity index (χ1v) is 9.23. The molecule has 1 heterocycles. The third kappa shape index (κ3) is 5.10. The highest BCUT2D eigenvalue weighted by Gasteiger charge is 2.23. The molecule has 1 saturated heterocycles. The molecule has 1 unspecified atom stereocenters. The fourth-order valence-electron chi connectivity index (χ4n) is 3.69. The Labute approximate surface area is 157 Å². The zero-order valence-corrected chi connectivity index (χ0v) is 15.1. The molecule has 27 heavy (non-hydrogen) atoms. The molecule has 7 nitrogen and oxygen atoms in total. The van der Waals surface area contributed by atoms with Crippen LogP contribution in [0.25, 0.3) is 0 Å². The molecule has 1 atom stereocenters. The van der Waals surface area contributed by atoms with E-state index in [4.69, 9.17) is 0 Å². The summed E-state index contributed by atoms with van der Waals surface area (Å²) in [5.41, 5.74) is 2.50. The van der Waals surface area contributed by atoms with Gasteiger partial charge in [-0.05, 0) is 49.8 Å². The first-order chi connectivity index (χ1) is 13.0. The van der Waals surface area contributed by atoms with Gasteiger partial charge in [0.25, 0.3) is 11.4 Å². The van der Waals surface area contributed by atoms with Crippen LogP contribution < -0.4 is 0 Å². The zero-order chi connectivity index (χ0) is 19.2. The summed E-state index contributed by atoms with van der Waals surface area (Å²) >= 11 is 0. The summed E-state index contributed by atoms with van der Waals surface area (Å²) in [5.74, 6) is 0. The predicted molar refractivity (Wildman–Crippen MR) is 103 cm³/mol. The minimum absolute atomic E-state index is 0.126. The van der Waals surface area contributed by atoms with Gasteiger partial charge in [0.2, 0.25) is 0 Å². The van der Waals surface area contributed by atoms with Gasteiger partial charge in [-0.1, -0.05) is 24.3 Å². The molecular weight excluding hydrogens is 346 g/mol. The number of hydrogen-bond donors (Lipinski definition) is 0. The normalized spacial score (nSPS) is 17.1. The van der Waals surface area contributed by atoms with E-state index in [-0.39, 0.29) is 21.2 Å². The van der Waals surface area contributed by atoms with E-state index in [0.717, 1.165) is 43.5 Å². The molecule has 0 spiro atoms. The molecule has 0 amide bonds. The molecule has 142 valence electrons. The minimum Gasteiger partial charge on any atom is -0.300 e. The van der Waals surface area contributed by atoms with Crippen molar-refractivity contribution in [2.75, 3.05) is 13.1 Å². The fourth-order valence-corrected chi connectivity index (χ4v) is 3.69. The summed E-state index contributed by atoms with van der Waals surface area (Å²) in [4.78, 5) is 23.2. The van der Waals surface area contributed by atoms with Crippen LogP contribution in [-0.4, -0.2) is 33.9 Å². The number of nitrogens with zero attached hydrogens (tertiary/aromatic N) is 3. The Hall–Kier alpha value is -2.80. The van der Waals surface area contributed by atoms with E-state index in [1.54, 1.807) is 24.3 Å². The summed E-state index contributed by atoms with van der Waals surface area (Å²) < 4.78 is 0. The van der Waals surface area contributed by atoms with Crippen LogP contribution in [0.2, 0.25) is 0 Å². The second-order valence-corrected chi connectivity index (χ2v) is 6.97. The molecule has 2 aromatic carbocycles. The van der Waals surface area contributed by atoms with Crippen LogP contribution >= 0.6 is 0 Å². The molecule has 0 aliphatic carbocycles. The van der Waals surface area contributed by atoms with Gasteiger partial charge in [0.1, 0.15) is 0 Å². The summed E-state index contributed by atoms with van der Waals surface area (Å²) in [6.07, 6.45) is 5.19. The number of likely N-dealkylation sites (tertiary alicyclic amines) is 1. The summed E-state index contributed by atoms with van der Waals surface area (Å²) in [6.45, 7) is 2.03. The van der Waals surface area contributed by atoms with Crippen molar-refractivity contribution in [3.63, 3.8) is 0 Å². The lowest BCUT2D eigenvalue weighted by Crippen LogP contribution is -2.31. The van der Waals surface area contributed by atoms with Gasteiger partial charge in [-0.15, -0.1) is 0 Å². The van der Waals surface area contributed by atoms with Crippen molar-refractivity contribution in [2.45, 2.75) is 38.1 Å². The third-order valence-corrected chi connectivity index (χ3v) is 5.25. The van der Waals surface area contributed by atoms with Crippen molar-refractivity contribution < 1.29 is 9.85 Å². The van der Waals surface area contributed by atoms with Gasteiger partial charge >= 0.3 is 0 Å². The Bertz CT molecular complexity index is 722. The van der Waals surface area contributed by atoms with Crippen molar-refractivity contribution in [3.05, 3.63) is 79.9 Å². The second-order valence-electron chi connectivity index (χ2n) is 6.97. The van der Waals surface area contributed by atoms with Crippen LogP contribution in [0.1, 0.15) is 30.4 Å². The van der Waals surface area contributed by atoms with Gasteiger partial charge in [-0.3, -0.25) is 20.2 Å². The molecule has 0 radical (unpaired) electrons. The minimum atomic E-state index is -0.377. The first-order valence-electron chi connectivity index (χ1n) is 9.23. The average Bonchev–Trinajstić information content (AvgIpc) is 3.12. The Morgan fingerprint density at radius 1 is 0.852 bits per heavy atom. The van der Waals surface area contributed by atoms with E-state index in [1.165, 1.54) is 12.8 Å². The van der Waals surface area contributed by atoms with Crippen molar-refractivity contribution >= 4 is 11.4 Å². The quantitative estimate of drug-likeness (QED) is 0.515. The Morgan fingerprint density at radius 2 is 1.37 bits per heavy atom. The molecule has 2 aromatic rings. The molecule has 7 heteroatoms. The molecular formula is C20H23N3O4. The topological polar surface area (TPSA) is 89.5 Å². The van der Waals surface area contributed by atoms with Crippen LogP contribution in [-0.2, 0) is 12.8 Å². The van der Waals surface area contributed by atoms with Crippen molar-refractivity contribution in [3.8, 4) is 0 Å². The fraction of sp³-hybridized carbons (Fsp3) is 0.400. The van der Waals surface area contributed by atoms with Crippen LogP contribution in [0.3, 0.4) is 0 Å². The Morgan fingerprint density at radius 3 is 1.89 bits per heavy atom. The summed E-state index contributed by atoms with van der Waals surface area (Å²) in [7, 11) is 0. The van der Waals surface area contributed by atoms with Crippen LogP contribution in [0.5, 0.6) is 0 Å². The van der Waals surface area contributed by atoms with E-state index in [9.17, 15) is 20.2 Å². The third-order valence-electron chi connectivity index (χ3n) is 5.25. The monoisotopic (exact) mass is 369 g/mol. The first kappa shape index (κ1) is 19.0. The van der Waals surface area contributed by atoms with Crippen LogP contribution in [0.15, 0.2) is 48.5 Å². The number of nitro groups is 2. The zero-order valence-electron chi connectivity index (χ0n) is 15.1. The maximum absolute atomic E-state index is 10.7. The smallest absolute Gasteiger partial charge is 0.269 e. The molecule has 3 rings (SSSR count). The number of nitro benzene ring substituents is 2. The SMILES string of the molecule is O=[N+]([O-])c1ccc(CCC2CCCN2CCc2ccc([N+](=O)[O-])cc2)cc1. The van der Waals surface area contributed by atoms with E-state index in [0.29, 0.717) is 6.04 Å². The van der Waals surface area contributed by atoms with Crippen molar-refractivity contribution in [2.24, 2.45) is 0 Å². The maximum Gasteiger partial charge on any atom is 0.269 e. The average molecular weight is 369 g/mol. The van der Waals surface area contributed by atoms with Gasteiger partial charge in [0.05, 0.1) is 9.85 Å². The van der Waals surface area contributed by atoms with Gasteiger partial charge < -0.3 is 4.90 Å². The second kappa shape index (κ2) is 8.73. The van der Waals surface area contributed by atoms with Gasteiger partial charge in [0, 0.05) is 36.9 Å². The van der Waals surface area contributed by atoms with E-state index in [2.05, 4.69) is 4.90 Å². The largest absolute Gasteiger partial charge is 0.300 e. The van der Waals surface area contributed by atoms with Gasteiger partial charge in [0.15, 0.2) is 0 Å². The standard InChI is InChI=1S/C20H23N3O4/c24-22(25)19-9-4-16(5-10-19)3-8-18-2-1-14-21(18)15-13-17-6-11-20(12-7-17)23(26)27/h4-7,9-12,18H,1-3,8,13-15H2. The van der Waals surface area contributed by atoms with Crippen molar-refractivity contribution in [1.82, 2.24) is 4.90 Å². The lowest BCUT2D eigenvalue weighted by atomic mass is 10.0. The molecule has 1 aliphatic rings. The van der Waals surface area contributed by atoms with E-state index in [1.807, 2.05) is 24.3 Å². The number of hydrogen-bond acceptors (Lipinski definition) is 5. The molecule has 0 N–H and O–H groups in total. The number of rotatable bonds is 8. The highest BCUT2D eigenvalue weighted by Crippen LogP contribution is 2.23. The van der Waals surface area contributed by atoms with E-state index < -0.39 is 0 Å². The van der Waals surface area contributed by atoms with Gasteiger partial charge in [-0.2, -0.15) is 0 Å². The number of aryl methyl sites for hydroxylation is 1. The summed E-state index contributed by atoms with van der Waals surface area (Å²) in [6, 6.07) is 14.1. The number of non-ortho nitro benzene ring substituents is 2. The molecule has 1 aliphatic heterocycles.